The Bertz CT molecular complexity index is 1030. The molecule has 0 spiro atoms. The second-order valence-electron chi connectivity index (χ2n) is 8.53. The molecule has 174 valence electrons. The van der Waals surface area contributed by atoms with E-state index in [-0.39, 0.29) is 6.09 Å². The Labute approximate surface area is 196 Å². The number of hydrogen-bond donors (Lipinski definition) is 1. The van der Waals surface area contributed by atoms with Crippen molar-refractivity contribution < 1.29 is 9.53 Å². The number of aliphatic imine (C=N–C) groups is 2. The van der Waals surface area contributed by atoms with Crippen molar-refractivity contribution in [1.29, 1.82) is 0 Å². The fraction of sp³-hybridized carbons (Fsp3) is 0.423. The third-order valence-electron chi connectivity index (χ3n) is 6.13. The van der Waals surface area contributed by atoms with Gasteiger partial charge in [0.2, 0.25) is 5.96 Å². The molecule has 1 amide bonds. The highest BCUT2D eigenvalue weighted by atomic mass is 16.6. The molecule has 7 nitrogen and oxygen atoms in total. The van der Waals surface area contributed by atoms with Gasteiger partial charge in [-0.05, 0) is 69.4 Å². The Morgan fingerprint density at radius 3 is 2.73 bits per heavy atom. The van der Waals surface area contributed by atoms with Crippen LogP contribution in [0.1, 0.15) is 37.8 Å². The first-order chi connectivity index (χ1) is 16.0. The van der Waals surface area contributed by atoms with Gasteiger partial charge in [0.1, 0.15) is 0 Å². The number of fused-ring (bicyclic) bond motifs is 1. The number of nitrogens with zero attached hydrogens (tertiary/aromatic N) is 4. The van der Waals surface area contributed by atoms with Crippen LogP contribution in [0, 0.1) is 6.92 Å². The number of aryl methyl sites for hydroxylation is 1. The minimum absolute atomic E-state index is 0.310. The lowest BCUT2D eigenvalue weighted by Crippen LogP contribution is -2.37. The molecule has 0 saturated carbocycles. The first kappa shape index (κ1) is 22.8. The molecule has 1 unspecified atom stereocenters. The molecule has 33 heavy (non-hydrogen) atoms. The Morgan fingerprint density at radius 2 is 1.97 bits per heavy atom. The van der Waals surface area contributed by atoms with E-state index in [9.17, 15) is 4.79 Å². The third-order valence-corrected chi connectivity index (χ3v) is 6.13. The Kier molecular flexibility index (Phi) is 7.27. The van der Waals surface area contributed by atoms with Crippen molar-refractivity contribution in [2.24, 2.45) is 9.98 Å². The van der Waals surface area contributed by atoms with Crippen molar-refractivity contribution in [1.82, 2.24) is 9.80 Å². The average molecular weight is 448 g/mol. The lowest BCUT2D eigenvalue weighted by molar-refractivity contribution is 0.129. The smallest absolute Gasteiger partial charge is 0.416 e. The summed E-state index contributed by atoms with van der Waals surface area (Å²) in [5.41, 5.74) is 4.34. The quantitative estimate of drug-likeness (QED) is 0.500. The van der Waals surface area contributed by atoms with Crippen LogP contribution in [0.3, 0.4) is 0 Å². The number of amidine groups is 1. The second kappa shape index (κ2) is 10.5. The maximum absolute atomic E-state index is 12.4. The summed E-state index contributed by atoms with van der Waals surface area (Å²) in [7, 11) is 0. The van der Waals surface area contributed by atoms with Gasteiger partial charge in [0, 0.05) is 18.8 Å². The molecule has 2 aromatic carbocycles. The zero-order valence-corrected chi connectivity index (χ0v) is 19.8. The van der Waals surface area contributed by atoms with Crippen molar-refractivity contribution in [2.75, 3.05) is 31.6 Å². The molecule has 0 aliphatic carbocycles. The summed E-state index contributed by atoms with van der Waals surface area (Å²) < 4.78 is 5.25. The van der Waals surface area contributed by atoms with Crippen molar-refractivity contribution in [2.45, 2.75) is 46.1 Å². The van der Waals surface area contributed by atoms with Gasteiger partial charge >= 0.3 is 6.09 Å². The van der Waals surface area contributed by atoms with E-state index < -0.39 is 0 Å². The summed E-state index contributed by atoms with van der Waals surface area (Å²) in [6, 6.07) is 16.7. The van der Waals surface area contributed by atoms with Crippen LogP contribution < -0.4 is 5.32 Å². The van der Waals surface area contributed by atoms with Gasteiger partial charge in [0.15, 0.2) is 0 Å². The van der Waals surface area contributed by atoms with E-state index in [2.05, 4.69) is 46.4 Å². The van der Waals surface area contributed by atoms with E-state index in [1.807, 2.05) is 38.1 Å². The van der Waals surface area contributed by atoms with Crippen molar-refractivity contribution in [3.63, 3.8) is 0 Å². The first-order valence-corrected chi connectivity index (χ1v) is 11.8. The van der Waals surface area contributed by atoms with E-state index >= 15 is 0 Å². The van der Waals surface area contributed by atoms with Crippen LogP contribution in [-0.2, 0) is 11.2 Å². The summed E-state index contributed by atoms with van der Waals surface area (Å²) >= 11 is 0. The molecular formula is C26H33N5O2. The van der Waals surface area contributed by atoms with Crippen molar-refractivity contribution in [3.8, 4) is 0 Å². The van der Waals surface area contributed by atoms with Gasteiger partial charge < -0.3 is 15.0 Å². The third kappa shape index (κ3) is 5.53. The Balaban J connectivity index is 1.38. The number of ether oxygens (including phenoxy) is 1. The summed E-state index contributed by atoms with van der Waals surface area (Å²) in [5.74, 6) is 1.62. The number of nitrogens with one attached hydrogen (secondary N) is 1. The van der Waals surface area contributed by atoms with E-state index in [4.69, 9.17) is 9.73 Å². The number of carbonyl (C=O) groups excluding carboxylic acids is 1. The van der Waals surface area contributed by atoms with Crippen LogP contribution in [0.2, 0.25) is 0 Å². The SMILES string of the molecule is CCOC(=O)N1CC2CCCN2C1=Nc1ccc(CCN=C(C)Nc2ccccc2C)cc1. The molecule has 2 aliphatic rings. The molecule has 2 fully saturated rings. The summed E-state index contributed by atoms with van der Waals surface area (Å²) in [4.78, 5) is 25.8. The number of hydrogen-bond acceptors (Lipinski definition) is 4. The minimum atomic E-state index is -0.310. The summed E-state index contributed by atoms with van der Waals surface area (Å²) in [6.45, 7) is 8.58. The minimum Gasteiger partial charge on any atom is -0.449 e. The molecule has 0 aromatic heterocycles. The summed E-state index contributed by atoms with van der Waals surface area (Å²) in [6.07, 6.45) is 2.77. The molecule has 1 N–H and O–H groups in total. The van der Waals surface area contributed by atoms with Crippen LogP contribution in [0.25, 0.3) is 0 Å². The van der Waals surface area contributed by atoms with E-state index in [0.29, 0.717) is 31.7 Å². The number of rotatable bonds is 6. The summed E-state index contributed by atoms with van der Waals surface area (Å²) in [5, 5.41) is 3.37. The van der Waals surface area contributed by atoms with Crippen molar-refractivity contribution >= 4 is 29.3 Å². The highest BCUT2D eigenvalue weighted by Gasteiger charge is 2.41. The number of para-hydroxylation sites is 1. The average Bonchev–Trinajstić information content (AvgIpc) is 3.39. The van der Waals surface area contributed by atoms with Crippen LogP contribution in [0.5, 0.6) is 0 Å². The van der Waals surface area contributed by atoms with Crippen molar-refractivity contribution in [3.05, 3.63) is 59.7 Å². The van der Waals surface area contributed by atoms with Gasteiger partial charge in [-0.25, -0.2) is 14.7 Å². The maximum Gasteiger partial charge on any atom is 0.416 e. The lowest BCUT2D eigenvalue weighted by atomic mass is 10.1. The fourth-order valence-electron chi connectivity index (χ4n) is 4.37. The first-order valence-electron chi connectivity index (χ1n) is 11.8. The zero-order valence-electron chi connectivity index (χ0n) is 19.8. The maximum atomic E-state index is 12.4. The van der Waals surface area contributed by atoms with Crippen LogP contribution in [0.15, 0.2) is 58.5 Å². The molecule has 2 aromatic rings. The highest BCUT2D eigenvalue weighted by Crippen LogP contribution is 2.28. The topological polar surface area (TPSA) is 69.5 Å². The van der Waals surface area contributed by atoms with Gasteiger partial charge in [0.25, 0.3) is 0 Å². The Morgan fingerprint density at radius 1 is 1.18 bits per heavy atom. The number of benzene rings is 2. The number of guanidine groups is 1. The number of amides is 1. The van der Waals surface area contributed by atoms with Gasteiger partial charge in [-0.1, -0.05) is 30.3 Å². The molecule has 7 heteroatoms. The zero-order chi connectivity index (χ0) is 23.2. The molecule has 0 radical (unpaired) electrons. The highest BCUT2D eigenvalue weighted by molar-refractivity contribution is 5.97. The standard InChI is InChI=1S/C26H33N5O2/c1-4-33-26(32)31-18-23-9-7-17-30(23)25(31)29-22-13-11-21(12-14-22)15-16-27-20(3)28-24-10-6-5-8-19(24)2/h5-6,8,10-14,23H,4,7,9,15-18H2,1-3H3,(H,27,28). The number of carbonyl (C=O) groups is 1. The largest absolute Gasteiger partial charge is 0.449 e. The van der Waals surface area contributed by atoms with Crippen LogP contribution in [0.4, 0.5) is 16.2 Å². The van der Waals surface area contributed by atoms with Gasteiger partial charge in [-0.15, -0.1) is 0 Å². The molecular weight excluding hydrogens is 414 g/mol. The molecule has 2 saturated heterocycles. The van der Waals surface area contributed by atoms with Crippen LogP contribution >= 0.6 is 0 Å². The predicted octanol–water partition coefficient (Wildman–Crippen LogP) is 4.99. The Hall–Kier alpha value is -3.35. The number of anilines is 1. The van der Waals surface area contributed by atoms with Gasteiger partial charge in [-0.3, -0.25) is 4.99 Å². The van der Waals surface area contributed by atoms with Crippen LogP contribution in [-0.4, -0.2) is 60.0 Å². The normalized spacial score (nSPS) is 19.2. The van der Waals surface area contributed by atoms with Gasteiger partial charge in [0.05, 0.1) is 30.7 Å². The fourth-order valence-corrected chi connectivity index (χ4v) is 4.37. The monoisotopic (exact) mass is 447 g/mol. The molecule has 2 aliphatic heterocycles. The van der Waals surface area contributed by atoms with E-state index in [0.717, 1.165) is 43.0 Å². The molecule has 4 rings (SSSR count). The van der Waals surface area contributed by atoms with E-state index in [1.165, 1.54) is 11.1 Å². The molecule has 0 bridgehead atoms. The lowest BCUT2D eigenvalue weighted by Gasteiger charge is -2.20. The predicted molar refractivity (Wildman–Crippen MR) is 133 cm³/mol. The van der Waals surface area contributed by atoms with Gasteiger partial charge in [-0.2, -0.15) is 0 Å². The van der Waals surface area contributed by atoms with E-state index in [1.54, 1.807) is 4.90 Å². The molecule has 2 heterocycles. The molecule has 1 atom stereocenters. The second-order valence-corrected chi connectivity index (χ2v) is 8.53.